The van der Waals surface area contributed by atoms with Crippen molar-refractivity contribution in [2.24, 2.45) is 5.41 Å². The van der Waals surface area contributed by atoms with Crippen LogP contribution < -0.4 is 5.32 Å². The average Bonchev–Trinajstić information content (AvgIpc) is 2.76. The van der Waals surface area contributed by atoms with Crippen molar-refractivity contribution in [3.8, 4) is 0 Å². The van der Waals surface area contributed by atoms with Crippen LogP contribution in [0.3, 0.4) is 0 Å². The Morgan fingerprint density at radius 2 is 1.92 bits per heavy atom. The van der Waals surface area contributed by atoms with Crippen molar-refractivity contribution in [3.63, 3.8) is 0 Å². The van der Waals surface area contributed by atoms with E-state index in [0.717, 1.165) is 25.9 Å². The van der Waals surface area contributed by atoms with E-state index < -0.39 is 0 Å². The van der Waals surface area contributed by atoms with Gasteiger partial charge in [-0.25, -0.2) is 0 Å². The van der Waals surface area contributed by atoms with Crippen LogP contribution in [0.1, 0.15) is 64.4 Å². The summed E-state index contributed by atoms with van der Waals surface area (Å²) in [7, 11) is 0. The first kappa shape index (κ1) is 17.5. The minimum atomic E-state index is 0.0449. The fourth-order valence-electron chi connectivity index (χ4n) is 4.41. The number of nitrogens with zero attached hydrogens (tertiary/aromatic N) is 1. The lowest BCUT2D eigenvalue weighted by atomic mass is 9.79. The van der Waals surface area contributed by atoms with Crippen LogP contribution in [-0.2, 0) is 4.79 Å². The van der Waals surface area contributed by atoms with Crippen LogP contribution in [0.15, 0.2) is 30.3 Å². The molecule has 2 saturated heterocycles. The predicted molar refractivity (Wildman–Crippen MR) is 99.0 cm³/mol. The fourth-order valence-corrected chi connectivity index (χ4v) is 4.41. The zero-order valence-electron chi connectivity index (χ0n) is 15.4. The highest BCUT2D eigenvalue weighted by atomic mass is 16.2. The van der Waals surface area contributed by atoms with Gasteiger partial charge in [0.1, 0.15) is 0 Å². The zero-order chi connectivity index (χ0) is 17.2. The van der Waals surface area contributed by atoms with Crippen molar-refractivity contribution < 1.29 is 4.79 Å². The molecule has 1 N–H and O–H groups in total. The maximum Gasteiger partial charge on any atom is 0.223 e. The van der Waals surface area contributed by atoms with Crippen LogP contribution in [0.5, 0.6) is 0 Å². The average molecular weight is 328 g/mol. The molecule has 3 nitrogen and oxygen atoms in total. The molecule has 1 amide bonds. The quantitative estimate of drug-likeness (QED) is 0.891. The van der Waals surface area contributed by atoms with E-state index in [1.54, 1.807) is 0 Å². The summed E-state index contributed by atoms with van der Waals surface area (Å²) in [5, 5.41) is 3.71. The molecule has 1 aromatic rings. The van der Waals surface area contributed by atoms with Gasteiger partial charge in [-0.3, -0.25) is 4.79 Å². The Morgan fingerprint density at radius 1 is 1.17 bits per heavy atom. The number of likely N-dealkylation sites (tertiary alicyclic amines) is 1. The lowest BCUT2D eigenvalue weighted by molar-refractivity contribution is -0.136. The van der Waals surface area contributed by atoms with Crippen LogP contribution in [0.25, 0.3) is 0 Å². The van der Waals surface area contributed by atoms with Gasteiger partial charge in [0.05, 0.1) is 6.04 Å². The molecule has 2 aliphatic heterocycles. The van der Waals surface area contributed by atoms with E-state index >= 15 is 0 Å². The number of amides is 1. The highest BCUT2D eigenvalue weighted by Gasteiger charge is 2.41. The highest BCUT2D eigenvalue weighted by Crippen LogP contribution is 2.36. The van der Waals surface area contributed by atoms with Crippen LogP contribution in [0, 0.1) is 5.41 Å². The van der Waals surface area contributed by atoms with E-state index in [-0.39, 0.29) is 5.41 Å². The lowest BCUT2D eigenvalue weighted by Gasteiger charge is -2.45. The predicted octanol–water partition coefficient (Wildman–Crippen LogP) is 3.95. The number of piperidine rings is 1. The summed E-state index contributed by atoms with van der Waals surface area (Å²) in [5.41, 5.74) is 1.44. The Bertz CT molecular complexity index is 549. The number of benzene rings is 1. The van der Waals surface area contributed by atoms with Gasteiger partial charge in [0.25, 0.3) is 0 Å². The maximum atomic E-state index is 13.1. The lowest BCUT2D eigenvalue weighted by Crippen LogP contribution is -2.58. The Labute approximate surface area is 146 Å². The summed E-state index contributed by atoms with van der Waals surface area (Å²) in [4.78, 5) is 15.3. The Balaban J connectivity index is 1.90. The standard InChI is InChI=1S/C21H32N2O/c1-21(2,3)15-19(24)23-14-8-7-11-18-20(23)17(12-13-22-18)16-9-5-4-6-10-16/h4-6,9-10,17-18,20,22H,7-8,11-15H2,1-3H3/t17-,18-,20-/m1/s1. The first-order valence-electron chi connectivity index (χ1n) is 9.53. The van der Waals surface area contributed by atoms with Gasteiger partial charge < -0.3 is 10.2 Å². The van der Waals surface area contributed by atoms with Crippen LogP contribution in [-0.4, -0.2) is 36.0 Å². The minimum Gasteiger partial charge on any atom is -0.338 e. The van der Waals surface area contributed by atoms with Gasteiger partial charge in [-0.05, 0) is 36.8 Å². The molecule has 0 aliphatic carbocycles. The number of hydrogen-bond donors (Lipinski definition) is 1. The van der Waals surface area contributed by atoms with Crippen molar-refractivity contribution in [2.45, 2.75) is 70.9 Å². The van der Waals surface area contributed by atoms with Gasteiger partial charge >= 0.3 is 0 Å². The van der Waals surface area contributed by atoms with E-state index in [4.69, 9.17) is 0 Å². The SMILES string of the molecule is CC(C)(C)CC(=O)N1CCCC[C@H]2NCC[C@H](c3ccccc3)[C@H]21. The topological polar surface area (TPSA) is 32.3 Å². The van der Waals surface area contributed by atoms with Gasteiger partial charge in [-0.1, -0.05) is 57.5 Å². The Morgan fingerprint density at radius 3 is 2.62 bits per heavy atom. The highest BCUT2D eigenvalue weighted by molar-refractivity contribution is 5.77. The first-order valence-corrected chi connectivity index (χ1v) is 9.53. The van der Waals surface area contributed by atoms with Gasteiger partial charge in [0.2, 0.25) is 5.91 Å². The molecule has 3 atom stereocenters. The largest absolute Gasteiger partial charge is 0.338 e. The first-order chi connectivity index (χ1) is 11.5. The summed E-state index contributed by atoms with van der Waals surface area (Å²) in [6.45, 7) is 8.46. The number of rotatable bonds is 2. The van der Waals surface area contributed by atoms with Gasteiger partial charge in [0, 0.05) is 24.9 Å². The molecule has 0 aromatic heterocycles. The van der Waals surface area contributed by atoms with E-state index in [1.165, 1.54) is 18.4 Å². The molecule has 0 radical (unpaired) electrons. The van der Waals surface area contributed by atoms with E-state index in [2.05, 4.69) is 61.3 Å². The molecule has 24 heavy (non-hydrogen) atoms. The second-order valence-corrected chi connectivity index (χ2v) is 8.68. The van der Waals surface area contributed by atoms with Crippen molar-refractivity contribution >= 4 is 5.91 Å². The molecule has 0 bridgehead atoms. The van der Waals surface area contributed by atoms with Gasteiger partial charge in [0.15, 0.2) is 0 Å². The molecule has 0 saturated carbocycles. The molecular weight excluding hydrogens is 296 g/mol. The van der Waals surface area contributed by atoms with E-state index in [1.807, 2.05) is 0 Å². The fraction of sp³-hybridized carbons (Fsp3) is 0.667. The summed E-state index contributed by atoms with van der Waals surface area (Å²) >= 11 is 0. The summed E-state index contributed by atoms with van der Waals surface area (Å²) in [6, 6.07) is 11.6. The number of carbonyl (C=O) groups excluding carboxylic acids is 1. The van der Waals surface area contributed by atoms with Crippen molar-refractivity contribution in [3.05, 3.63) is 35.9 Å². The number of hydrogen-bond acceptors (Lipinski definition) is 2. The number of carbonyl (C=O) groups is 1. The van der Waals surface area contributed by atoms with Gasteiger partial charge in [-0.15, -0.1) is 0 Å². The number of fused-ring (bicyclic) bond motifs is 1. The monoisotopic (exact) mass is 328 g/mol. The number of nitrogens with one attached hydrogen (secondary N) is 1. The molecule has 1 aromatic carbocycles. The molecule has 2 heterocycles. The summed E-state index contributed by atoms with van der Waals surface area (Å²) in [5.74, 6) is 0.795. The second-order valence-electron chi connectivity index (χ2n) is 8.68. The maximum absolute atomic E-state index is 13.1. The molecule has 3 rings (SSSR count). The third kappa shape index (κ3) is 4.00. The Hall–Kier alpha value is -1.35. The third-order valence-corrected chi connectivity index (χ3v) is 5.44. The summed E-state index contributed by atoms with van der Waals surface area (Å²) in [6.07, 6.45) is 5.29. The van der Waals surface area contributed by atoms with Crippen molar-refractivity contribution in [1.82, 2.24) is 10.2 Å². The van der Waals surface area contributed by atoms with Crippen molar-refractivity contribution in [2.75, 3.05) is 13.1 Å². The third-order valence-electron chi connectivity index (χ3n) is 5.44. The van der Waals surface area contributed by atoms with Crippen LogP contribution in [0.4, 0.5) is 0 Å². The molecule has 2 aliphatic rings. The summed E-state index contributed by atoms with van der Waals surface area (Å²) < 4.78 is 0. The molecule has 132 valence electrons. The van der Waals surface area contributed by atoms with E-state index in [0.29, 0.717) is 30.3 Å². The van der Waals surface area contributed by atoms with Crippen LogP contribution in [0.2, 0.25) is 0 Å². The second kappa shape index (κ2) is 7.26. The van der Waals surface area contributed by atoms with Crippen LogP contribution >= 0.6 is 0 Å². The van der Waals surface area contributed by atoms with Gasteiger partial charge in [-0.2, -0.15) is 0 Å². The van der Waals surface area contributed by atoms with E-state index in [9.17, 15) is 4.79 Å². The Kier molecular flexibility index (Phi) is 5.29. The smallest absolute Gasteiger partial charge is 0.223 e. The molecule has 0 spiro atoms. The van der Waals surface area contributed by atoms with Crippen molar-refractivity contribution in [1.29, 1.82) is 0 Å². The normalized spacial score (nSPS) is 28.1. The molecule has 3 heteroatoms. The molecule has 0 unspecified atom stereocenters. The molecular formula is C21H32N2O. The zero-order valence-corrected chi connectivity index (χ0v) is 15.4. The molecule has 2 fully saturated rings. The minimum absolute atomic E-state index is 0.0449.